The van der Waals surface area contributed by atoms with Gasteiger partial charge in [0, 0.05) is 31.0 Å². The monoisotopic (exact) mass is 357 g/mol. The molecule has 0 radical (unpaired) electrons. The summed E-state index contributed by atoms with van der Waals surface area (Å²) in [7, 11) is 1.72. The molecule has 140 valence electrons. The van der Waals surface area contributed by atoms with Gasteiger partial charge < -0.3 is 15.4 Å². The maximum Gasteiger partial charge on any atom is 0.252 e. The fourth-order valence-electron chi connectivity index (χ4n) is 3.51. The third-order valence-electron chi connectivity index (χ3n) is 4.98. The summed E-state index contributed by atoms with van der Waals surface area (Å²) >= 11 is 0. The van der Waals surface area contributed by atoms with E-state index in [9.17, 15) is 4.79 Å². The topological polar surface area (TPSA) is 81.1 Å². The van der Waals surface area contributed by atoms with E-state index < -0.39 is 0 Å². The van der Waals surface area contributed by atoms with Crippen molar-refractivity contribution in [2.75, 3.05) is 33.4 Å². The Morgan fingerprint density at radius 1 is 1.35 bits per heavy atom. The minimum Gasteiger partial charge on any atom is -0.384 e. The van der Waals surface area contributed by atoms with Crippen LogP contribution in [0.2, 0.25) is 0 Å². The molecule has 1 amide bonds. The number of carbonyl (C=O) groups excluding carboxylic acids is 1. The van der Waals surface area contributed by atoms with Gasteiger partial charge in [0.2, 0.25) is 0 Å². The highest BCUT2D eigenvalue weighted by Gasteiger charge is 2.32. The summed E-state index contributed by atoms with van der Waals surface area (Å²) in [5.74, 6) is 0.604. The number of aryl methyl sites for hydroxylation is 2. The molecule has 1 aliphatic heterocycles. The lowest BCUT2D eigenvalue weighted by Crippen LogP contribution is -2.47. The number of ether oxygens (including phenoxy) is 1. The van der Waals surface area contributed by atoms with Crippen LogP contribution in [0.1, 0.15) is 34.6 Å². The quantitative estimate of drug-likeness (QED) is 0.821. The molecule has 2 aromatic heterocycles. The Morgan fingerprint density at radius 2 is 2.12 bits per heavy atom. The Kier molecular flexibility index (Phi) is 5.68. The summed E-state index contributed by atoms with van der Waals surface area (Å²) in [6, 6.07) is 5.61. The molecular formula is C19H27N5O2. The second-order valence-electron chi connectivity index (χ2n) is 7.11. The van der Waals surface area contributed by atoms with Crippen LogP contribution in [0, 0.1) is 19.3 Å². The third kappa shape index (κ3) is 4.11. The van der Waals surface area contributed by atoms with Gasteiger partial charge >= 0.3 is 0 Å². The summed E-state index contributed by atoms with van der Waals surface area (Å²) in [5, 5.41) is 10.8. The molecule has 1 aliphatic rings. The number of nitrogens with one attached hydrogen (secondary N) is 2. The largest absolute Gasteiger partial charge is 0.384 e. The van der Waals surface area contributed by atoms with Crippen LogP contribution in [0.25, 0.3) is 5.82 Å². The molecule has 0 aliphatic carbocycles. The van der Waals surface area contributed by atoms with Gasteiger partial charge in [-0.15, -0.1) is 0 Å². The molecule has 3 heterocycles. The first kappa shape index (κ1) is 18.5. The number of hydrogen-bond donors (Lipinski definition) is 2. The van der Waals surface area contributed by atoms with Crippen LogP contribution in [0.4, 0.5) is 0 Å². The predicted octanol–water partition coefficient (Wildman–Crippen LogP) is 1.63. The molecule has 2 N–H and O–H groups in total. The Labute approximate surface area is 154 Å². The minimum atomic E-state index is -0.105. The molecule has 0 unspecified atom stereocenters. The van der Waals surface area contributed by atoms with E-state index in [0.717, 1.165) is 37.3 Å². The SMILES string of the molecule is COCC1(CNC(=O)c2ccc(-n3nc(C)cc3C)nc2)CCNCC1. The number of pyridine rings is 1. The van der Waals surface area contributed by atoms with Crippen molar-refractivity contribution in [3.05, 3.63) is 41.3 Å². The fraction of sp³-hybridized carbons (Fsp3) is 0.526. The molecule has 0 spiro atoms. The van der Waals surface area contributed by atoms with Crippen molar-refractivity contribution in [3.63, 3.8) is 0 Å². The normalized spacial score (nSPS) is 16.4. The average Bonchev–Trinajstić information content (AvgIpc) is 2.99. The second kappa shape index (κ2) is 7.97. The molecule has 26 heavy (non-hydrogen) atoms. The molecule has 1 fully saturated rings. The third-order valence-corrected chi connectivity index (χ3v) is 4.98. The van der Waals surface area contributed by atoms with Gasteiger partial charge in [-0.25, -0.2) is 9.67 Å². The van der Waals surface area contributed by atoms with E-state index in [4.69, 9.17) is 4.74 Å². The number of carbonyl (C=O) groups is 1. The summed E-state index contributed by atoms with van der Waals surface area (Å²) in [4.78, 5) is 16.9. The van der Waals surface area contributed by atoms with Gasteiger partial charge in [0.05, 0.1) is 17.9 Å². The summed E-state index contributed by atoms with van der Waals surface area (Å²) in [6.45, 7) is 7.11. The van der Waals surface area contributed by atoms with Crippen molar-refractivity contribution in [3.8, 4) is 5.82 Å². The van der Waals surface area contributed by atoms with Crippen LogP contribution >= 0.6 is 0 Å². The van der Waals surface area contributed by atoms with Crippen LogP contribution in [0.5, 0.6) is 0 Å². The molecular weight excluding hydrogens is 330 g/mol. The van der Waals surface area contributed by atoms with E-state index in [1.807, 2.05) is 26.0 Å². The molecule has 0 aromatic carbocycles. The van der Waals surface area contributed by atoms with E-state index in [1.165, 1.54) is 0 Å². The van der Waals surface area contributed by atoms with Crippen molar-refractivity contribution < 1.29 is 9.53 Å². The van der Waals surface area contributed by atoms with Crippen LogP contribution in [-0.4, -0.2) is 54.0 Å². The van der Waals surface area contributed by atoms with E-state index in [2.05, 4.69) is 20.7 Å². The number of aromatic nitrogens is 3. The molecule has 0 bridgehead atoms. The smallest absolute Gasteiger partial charge is 0.252 e. The van der Waals surface area contributed by atoms with Crippen LogP contribution < -0.4 is 10.6 Å². The molecule has 2 aromatic rings. The van der Waals surface area contributed by atoms with Crippen molar-refractivity contribution in [2.24, 2.45) is 5.41 Å². The highest BCUT2D eigenvalue weighted by atomic mass is 16.5. The summed E-state index contributed by atoms with van der Waals surface area (Å²) in [6.07, 6.45) is 3.60. The van der Waals surface area contributed by atoms with Crippen molar-refractivity contribution in [1.82, 2.24) is 25.4 Å². The summed E-state index contributed by atoms with van der Waals surface area (Å²) in [5.41, 5.74) is 2.51. The first-order chi connectivity index (χ1) is 12.5. The standard InChI is InChI=1S/C19H27N5O2/c1-14-10-15(2)24(23-14)17-5-4-16(11-21-17)18(25)22-12-19(13-26-3)6-8-20-9-7-19/h4-5,10-11,20H,6-9,12-13H2,1-3H3,(H,22,25). The van der Waals surface area contributed by atoms with Crippen molar-refractivity contribution in [1.29, 1.82) is 0 Å². The van der Waals surface area contributed by atoms with E-state index in [1.54, 1.807) is 24.1 Å². The van der Waals surface area contributed by atoms with Gasteiger partial charge in [0.15, 0.2) is 5.82 Å². The zero-order valence-corrected chi connectivity index (χ0v) is 15.7. The lowest BCUT2D eigenvalue weighted by atomic mass is 9.79. The highest BCUT2D eigenvalue weighted by Crippen LogP contribution is 2.28. The maximum atomic E-state index is 12.5. The van der Waals surface area contributed by atoms with Gasteiger partial charge in [-0.1, -0.05) is 0 Å². The second-order valence-corrected chi connectivity index (χ2v) is 7.11. The molecule has 3 rings (SSSR count). The number of rotatable bonds is 6. The number of hydrogen-bond acceptors (Lipinski definition) is 5. The first-order valence-corrected chi connectivity index (χ1v) is 9.01. The Balaban J connectivity index is 1.65. The van der Waals surface area contributed by atoms with Gasteiger partial charge in [-0.05, 0) is 58.0 Å². The average molecular weight is 357 g/mol. The number of nitrogens with zero attached hydrogens (tertiary/aromatic N) is 3. The number of amides is 1. The van der Waals surface area contributed by atoms with Gasteiger partial charge in [0.1, 0.15) is 0 Å². The summed E-state index contributed by atoms with van der Waals surface area (Å²) < 4.78 is 7.18. The van der Waals surface area contributed by atoms with Crippen molar-refractivity contribution >= 4 is 5.91 Å². The van der Waals surface area contributed by atoms with Crippen LogP contribution in [0.15, 0.2) is 24.4 Å². The highest BCUT2D eigenvalue weighted by molar-refractivity contribution is 5.93. The Bertz CT molecular complexity index is 742. The van der Waals surface area contributed by atoms with Gasteiger partial charge in [0.25, 0.3) is 5.91 Å². The predicted molar refractivity (Wildman–Crippen MR) is 99.6 cm³/mol. The zero-order chi connectivity index (χ0) is 18.6. The first-order valence-electron chi connectivity index (χ1n) is 9.01. The number of piperidine rings is 1. The van der Waals surface area contributed by atoms with Crippen LogP contribution in [0.3, 0.4) is 0 Å². The lowest BCUT2D eigenvalue weighted by molar-refractivity contribution is 0.0511. The molecule has 0 saturated carbocycles. The minimum absolute atomic E-state index is 0.00668. The van der Waals surface area contributed by atoms with Gasteiger partial charge in [-0.2, -0.15) is 5.10 Å². The fourth-order valence-corrected chi connectivity index (χ4v) is 3.51. The molecule has 0 atom stereocenters. The lowest BCUT2D eigenvalue weighted by Gasteiger charge is -2.37. The van der Waals surface area contributed by atoms with Gasteiger partial charge in [-0.3, -0.25) is 4.79 Å². The van der Waals surface area contributed by atoms with E-state index in [0.29, 0.717) is 24.5 Å². The molecule has 1 saturated heterocycles. The molecule has 7 nitrogen and oxygen atoms in total. The zero-order valence-electron chi connectivity index (χ0n) is 15.7. The van der Waals surface area contributed by atoms with Crippen LogP contribution in [-0.2, 0) is 4.74 Å². The number of methoxy groups -OCH3 is 1. The Morgan fingerprint density at radius 3 is 2.69 bits per heavy atom. The maximum absolute atomic E-state index is 12.5. The van der Waals surface area contributed by atoms with E-state index in [-0.39, 0.29) is 11.3 Å². The van der Waals surface area contributed by atoms with Crippen molar-refractivity contribution in [2.45, 2.75) is 26.7 Å². The molecule has 7 heteroatoms. The van der Waals surface area contributed by atoms with E-state index >= 15 is 0 Å². The Hall–Kier alpha value is -2.25.